The Bertz CT molecular complexity index is 230. The molecule has 1 fully saturated rings. The van der Waals surface area contributed by atoms with Gasteiger partial charge in [0.05, 0.1) is 6.10 Å². The molecule has 0 spiro atoms. The van der Waals surface area contributed by atoms with Gasteiger partial charge in [-0.25, -0.2) is 0 Å². The summed E-state index contributed by atoms with van der Waals surface area (Å²) in [5.74, 6) is 1.45. The first-order valence-corrected chi connectivity index (χ1v) is 6.89. The normalized spacial score (nSPS) is 24.6. The molecular weight excluding hydrogens is 214 g/mol. The molecular formula is C14H27NO2. The van der Waals surface area contributed by atoms with Crippen LogP contribution in [0.3, 0.4) is 0 Å². The standard InChI is InChI=1S/C14H27NO2/c1-11-9-12(11)10-13(15)14(16)7-5-3-4-6-8-17-2/h11-12,14-16H,3-10H2,1-2H3. The number of unbranched alkanes of at least 4 members (excludes halogenated alkanes) is 3. The Hall–Kier alpha value is -0.410. The van der Waals surface area contributed by atoms with E-state index >= 15 is 0 Å². The average Bonchev–Trinajstić information content (AvgIpc) is 2.98. The number of ether oxygens (including phenoxy) is 1. The molecule has 3 nitrogen and oxygen atoms in total. The Morgan fingerprint density at radius 2 is 2.00 bits per heavy atom. The van der Waals surface area contributed by atoms with Crippen molar-refractivity contribution in [1.82, 2.24) is 0 Å². The first-order chi connectivity index (χ1) is 8.15. The van der Waals surface area contributed by atoms with Gasteiger partial charge in [0.2, 0.25) is 0 Å². The van der Waals surface area contributed by atoms with Crippen molar-refractivity contribution in [3.05, 3.63) is 0 Å². The van der Waals surface area contributed by atoms with Gasteiger partial charge in [-0.15, -0.1) is 0 Å². The molecule has 0 amide bonds. The molecule has 3 atom stereocenters. The highest BCUT2D eigenvalue weighted by atomic mass is 16.5. The topological polar surface area (TPSA) is 53.3 Å². The highest BCUT2D eigenvalue weighted by Crippen LogP contribution is 2.40. The number of rotatable bonds is 10. The zero-order chi connectivity index (χ0) is 12.7. The van der Waals surface area contributed by atoms with E-state index in [0.717, 1.165) is 51.0 Å². The van der Waals surface area contributed by atoms with Crippen LogP contribution in [0.4, 0.5) is 0 Å². The maximum atomic E-state index is 9.83. The lowest BCUT2D eigenvalue weighted by Gasteiger charge is -2.11. The second-order valence-electron chi connectivity index (χ2n) is 5.41. The number of hydrogen-bond donors (Lipinski definition) is 2. The van der Waals surface area contributed by atoms with Crippen LogP contribution in [0.25, 0.3) is 0 Å². The fourth-order valence-electron chi connectivity index (χ4n) is 2.21. The largest absolute Gasteiger partial charge is 0.387 e. The molecule has 1 aliphatic carbocycles. The highest BCUT2D eigenvalue weighted by Gasteiger charge is 2.34. The van der Waals surface area contributed by atoms with Crippen molar-refractivity contribution >= 4 is 5.71 Å². The predicted octanol–water partition coefficient (Wildman–Crippen LogP) is 3.01. The van der Waals surface area contributed by atoms with E-state index in [9.17, 15) is 5.11 Å². The number of aliphatic hydroxyl groups excluding tert-OH is 1. The molecule has 0 aromatic heterocycles. The Labute approximate surface area is 105 Å². The van der Waals surface area contributed by atoms with E-state index in [1.165, 1.54) is 6.42 Å². The van der Waals surface area contributed by atoms with Gasteiger partial charge < -0.3 is 15.3 Å². The van der Waals surface area contributed by atoms with E-state index < -0.39 is 6.10 Å². The van der Waals surface area contributed by atoms with Crippen LogP contribution in [-0.4, -0.2) is 30.6 Å². The van der Waals surface area contributed by atoms with Gasteiger partial charge in [0.1, 0.15) is 0 Å². The van der Waals surface area contributed by atoms with Gasteiger partial charge >= 0.3 is 0 Å². The van der Waals surface area contributed by atoms with Crippen molar-refractivity contribution in [3.63, 3.8) is 0 Å². The lowest BCUT2D eigenvalue weighted by atomic mass is 10.0. The number of hydrogen-bond acceptors (Lipinski definition) is 3. The summed E-state index contributed by atoms with van der Waals surface area (Å²) in [5, 5.41) is 17.7. The third kappa shape index (κ3) is 6.18. The molecule has 17 heavy (non-hydrogen) atoms. The summed E-state index contributed by atoms with van der Waals surface area (Å²) in [6.07, 6.45) is 6.73. The Kier molecular flexibility index (Phi) is 6.75. The van der Waals surface area contributed by atoms with Gasteiger partial charge in [0, 0.05) is 19.4 Å². The van der Waals surface area contributed by atoms with E-state index in [-0.39, 0.29) is 0 Å². The summed E-state index contributed by atoms with van der Waals surface area (Å²) in [6, 6.07) is 0. The SMILES string of the molecule is COCCCCCCC(O)C(=N)CC1CC1C. The quantitative estimate of drug-likeness (QED) is 0.456. The summed E-state index contributed by atoms with van der Waals surface area (Å²) in [7, 11) is 1.73. The average molecular weight is 241 g/mol. The first kappa shape index (κ1) is 14.7. The monoisotopic (exact) mass is 241 g/mol. The molecule has 2 N–H and O–H groups in total. The second kappa shape index (κ2) is 7.83. The Morgan fingerprint density at radius 1 is 1.35 bits per heavy atom. The third-order valence-electron chi connectivity index (χ3n) is 3.74. The minimum Gasteiger partial charge on any atom is -0.387 e. The molecule has 1 aliphatic rings. The zero-order valence-electron chi connectivity index (χ0n) is 11.2. The van der Waals surface area contributed by atoms with Crippen LogP contribution in [0.2, 0.25) is 0 Å². The van der Waals surface area contributed by atoms with Gasteiger partial charge in [-0.2, -0.15) is 0 Å². The van der Waals surface area contributed by atoms with Crippen LogP contribution in [0, 0.1) is 17.2 Å². The molecule has 1 saturated carbocycles. The summed E-state index contributed by atoms with van der Waals surface area (Å²) in [4.78, 5) is 0. The van der Waals surface area contributed by atoms with Crippen LogP contribution in [0.5, 0.6) is 0 Å². The number of aliphatic hydroxyl groups is 1. The van der Waals surface area contributed by atoms with Crippen LogP contribution < -0.4 is 0 Å². The summed E-state index contributed by atoms with van der Waals surface area (Å²) < 4.78 is 4.98. The van der Waals surface area contributed by atoms with E-state index in [4.69, 9.17) is 10.1 Å². The number of nitrogens with one attached hydrogen (secondary N) is 1. The van der Waals surface area contributed by atoms with Gasteiger partial charge in [0.15, 0.2) is 0 Å². The van der Waals surface area contributed by atoms with Crippen molar-refractivity contribution in [2.24, 2.45) is 11.8 Å². The minimum absolute atomic E-state index is 0.495. The molecule has 0 aromatic rings. The minimum atomic E-state index is -0.495. The maximum absolute atomic E-state index is 9.83. The molecule has 0 heterocycles. The molecule has 0 saturated heterocycles. The Balaban J connectivity index is 1.96. The van der Waals surface area contributed by atoms with Crippen LogP contribution in [0.1, 0.15) is 51.9 Å². The van der Waals surface area contributed by atoms with Crippen LogP contribution in [0.15, 0.2) is 0 Å². The lowest BCUT2D eigenvalue weighted by Crippen LogP contribution is -2.20. The van der Waals surface area contributed by atoms with Gasteiger partial charge in [-0.1, -0.05) is 26.2 Å². The molecule has 3 unspecified atom stereocenters. The molecule has 0 bridgehead atoms. The molecule has 0 aliphatic heterocycles. The smallest absolute Gasteiger partial charge is 0.0914 e. The Morgan fingerprint density at radius 3 is 2.59 bits per heavy atom. The van der Waals surface area contributed by atoms with Gasteiger partial charge in [-0.05, 0) is 37.5 Å². The highest BCUT2D eigenvalue weighted by molar-refractivity contribution is 5.86. The second-order valence-corrected chi connectivity index (χ2v) is 5.41. The van der Waals surface area contributed by atoms with Gasteiger partial charge in [-0.3, -0.25) is 0 Å². The summed E-state index contributed by atoms with van der Waals surface area (Å²) in [5.41, 5.74) is 0.552. The predicted molar refractivity (Wildman–Crippen MR) is 70.6 cm³/mol. The van der Waals surface area contributed by atoms with Crippen molar-refractivity contribution in [2.75, 3.05) is 13.7 Å². The zero-order valence-corrected chi connectivity index (χ0v) is 11.2. The summed E-state index contributed by atoms with van der Waals surface area (Å²) >= 11 is 0. The van der Waals surface area contributed by atoms with E-state index in [0.29, 0.717) is 11.6 Å². The molecule has 100 valence electrons. The first-order valence-electron chi connectivity index (χ1n) is 6.89. The van der Waals surface area contributed by atoms with E-state index in [1.807, 2.05) is 0 Å². The fraction of sp³-hybridized carbons (Fsp3) is 0.929. The number of methoxy groups -OCH3 is 1. The summed E-state index contributed by atoms with van der Waals surface area (Å²) in [6.45, 7) is 3.05. The third-order valence-corrected chi connectivity index (χ3v) is 3.74. The van der Waals surface area contributed by atoms with Crippen LogP contribution in [-0.2, 0) is 4.74 Å². The van der Waals surface area contributed by atoms with Gasteiger partial charge in [0.25, 0.3) is 0 Å². The van der Waals surface area contributed by atoms with Crippen LogP contribution >= 0.6 is 0 Å². The molecule has 0 radical (unpaired) electrons. The lowest BCUT2D eigenvalue weighted by molar-refractivity contribution is 0.190. The molecule has 0 aromatic carbocycles. The van der Waals surface area contributed by atoms with Crippen molar-refractivity contribution < 1.29 is 9.84 Å². The maximum Gasteiger partial charge on any atom is 0.0914 e. The molecule has 1 rings (SSSR count). The van der Waals surface area contributed by atoms with Crippen molar-refractivity contribution in [2.45, 2.75) is 58.0 Å². The van der Waals surface area contributed by atoms with E-state index in [1.54, 1.807) is 7.11 Å². The fourth-order valence-corrected chi connectivity index (χ4v) is 2.21. The van der Waals surface area contributed by atoms with Crippen molar-refractivity contribution in [3.8, 4) is 0 Å². The van der Waals surface area contributed by atoms with E-state index in [2.05, 4.69) is 6.92 Å². The van der Waals surface area contributed by atoms with Crippen molar-refractivity contribution in [1.29, 1.82) is 5.41 Å². The molecule has 3 heteroatoms.